The highest BCUT2D eigenvalue weighted by molar-refractivity contribution is 7.11. The second-order valence-corrected chi connectivity index (χ2v) is 5.01. The van der Waals surface area contributed by atoms with Crippen LogP contribution in [0.5, 0.6) is 0 Å². The summed E-state index contributed by atoms with van der Waals surface area (Å²) in [5.41, 5.74) is 0. The first-order chi connectivity index (χ1) is 8.19. The number of alkyl halides is 1. The van der Waals surface area contributed by atoms with Crippen molar-refractivity contribution in [3.8, 4) is 0 Å². The van der Waals surface area contributed by atoms with Crippen LogP contribution in [0.2, 0.25) is 0 Å². The van der Waals surface area contributed by atoms with Crippen LogP contribution in [0.4, 0.5) is 0 Å². The topological polar surface area (TPSA) is 55.1 Å². The number of nitrogens with zero attached hydrogens (tertiary/aromatic N) is 1. The molecule has 1 N–H and O–H groups in total. The maximum absolute atomic E-state index is 11.7. The van der Waals surface area contributed by atoms with E-state index in [1.54, 1.807) is 29.7 Å². The number of carbonyl (C=O) groups excluding carboxylic acids is 1. The molecule has 90 valence electrons. The zero-order chi connectivity index (χ0) is 12.3. The Labute approximate surface area is 108 Å². The van der Waals surface area contributed by atoms with E-state index in [9.17, 15) is 4.79 Å². The third-order valence-corrected chi connectivity index (χ3v) is 3.29. The molecule has 0 fully saturated rings. The van der Waals surface area contributed by atoms with Gasteiger partial charge in [-0.2, -0.15) is 0 Å². The number of thiazole rings is 1. The molecule has 6 heteroatoms. The lowest BCUT2D eigenvalue weighted by molar-refractivity contribution is 0.0922. The summed E-state index contributed by atoms with van der Waals surface area (Å²) in [6.45, 7) is 2.39. The largest absolute Gasteiger partial charge is 0.455 e. The van der Waals surface area contributed by atoms with Gasteiger partial charge in [0.2, 0.25) is 0 Å². The van der Waals surface area contributed by atoms with Crippen LogP contribution in [-0.4, -0.2) is 10.9 Å². The predicted octanol–water partition coefficient (Wildman–Crippen LogP) is 2.71. The van der Waals surface area contributed by atoms with E-state index in [0.717, 1.165) is 9.88 Å². The van der Waals surface area contributed by atoms with E-state index < -0.39 is 0 Å². The fourth-order valence-electron chi connectivity index (χ4n) is 1.31. The van der Waals surface area contributed by atoms with Crippen LogP contribution in [0.1, 0.15) is 26.2 Å². The van der Waals surface area contributed by atoms with Crippen LogP contribution in [0.15, 0.2) is 22.7 Å². The van der Waals surface area contributed by atoms with Crippen molar-refractivity contribution in [3.63, 3.8) is 0 Å². The molecule has 0 atom stereocenters. The van der Waals surface area contributed by atoms with Gasteiger partial charge in [-0.25, -0.2) is 4.98 Å². The second kappa shape index (κ2) is 5.33. The quantitative estimate of drug-likeness (QED) is 0.869. The molecular weight excluding hydrogens is 260 g/mol. The minimum atomic E-state index is -0.243. The van der Waals surface area contributed by atoms with Gasteiger partial charge in [-0.15, -0.1) is 22.9 Å². The van der Waals surface area contributed by atoms with E-state index in [1.165, 1.54) is 0 Å². The van der Waals surface area contributed by atoms with E-state index in [1.807, 2.05) is 6.92 Å². The number of rotatable bonds is 4. The number of halogens is 1. The molecule has 0 saturated heterocycles. The summed E-state index contributed by atoms with van der Waals surface area (Å²) in [5.74, 6) is 0.890. The van der Waals surface area contributed by atoms with Crippen LogP contribution in [0, 0.1) is 6.92 Å². The summed E-state index contributed by atoms with van der Waals surface area (Å²) in [6, 6.07) is 3.31. The molecule has 4 nitrogen and oxygen atoms in total. The minimum absolute atomic E-state index is 0.243. The van der Waals surface area contributed by atoms with Crippen LogP contribution in [-0.2, 0) is 12.4 Å². The molecule has 0 aliphatic carbocycles. The summed E-state index contributed by atoms with van der Waals surface area (Å²) >= 11 is 7.15. The van der Waals surface area contributed by atoms with Crippen LogP contribution in [0.3, 0.4) is 0 Å². The summed E-state index contributed by atoms with van der Waals surface area (Å²) in [7, 11) is 0. The average Bonchev–Trinajstić information content (AvgIpc) is 2.94. The third kappa shape index (κ3) is 3.08. The SMILES string of the molecule is Cc1ncc(CNC(=O)c2ccc(CCl)o2)s1. The second-order valence-electron chi connectivity index (χ2n) is 3.43. The van der Waals surface area contributed by atoms with E-state index in [-0.39, 0.29) is 17.5 Å². The Morgan fingerprint density at radius 3 is 3.00 bits per heavy atom. The number of hydrogen-bond donors (Lipinski definition) is 1. The number of furan rings is 1. The van der Waals surface area contributed by atoms with Crippen LogP contribution < -0.4 is 5.32 Å². The van der Waals surface area contributed by atoms with E-state index >= 15 is 0 Å². The summed E-state index contributed by atoms with van der Waals surface area (Å²) in [4.78, 5) is 16.8. The maximum Gasteiger partial charge on any atom is 0.287 e. The molecule has 2 aromatic heterocycles. The number of aromatic nitrogens is 1. The lowest BCUT2D eigenvalue weighted by Crippen LogP contribution is -2.21. The Balaban J connectivity index is 1.93. The number of amides is 1. The Hall–Kier alpha value is -1.33. The molecule has 17 heavy (non-hydrogen) atoms. The van der Waals surface area contributed by atoms with Gasteiger partial charge in [0.05, 0.1) is 17.4 Å². The van der Waals surface area contributed by atoms with E-state index in [0.29, 0.717) is 12.3 Å². The monoisotopic (exact) mass is 270 g/mol. The Morgan fingerprint density at radius 1 is 1.59 bits per heavy atom. The van der Waals surface area contributed by atoms with Crippen molar-refractivity contribution in [2.24, 2.45) is 0 Å². The Kier molecular flexibility index (Phi) is 3.81. The average molecular weight is 271 g/mol. The number of carbonyl (C=O) groups is 1. The highest BCUT2D eigenvalue weighted by atomic mass is 35.5. The highest BCUT2D eigenvalue weighted by Gasteiger charge is 2.10. The van der Waals surface area contributed by atoms with Crippen molar-refractivity contribution < 1.29 is 9.21 Å². The molecule has 0 aromatic carbocycles. The summed E-state index contributed by atoms with van der Waals surface area (Å²) in [6.07, 6.45) is 1.76. The normalized spacial score (nSPS) is 10.5. The number of nitrogens with one attached hydrogen (secondary N) is 1. The van der Waals surface area contributed by atoms with Crippen molar-refractivity contribution in [2.75, 3.05) is 0 Å². The molecular formula is C11H11ClN2O2S. The summed E-state index contributed by atoms with van der Waals surface area (Å²) in [5, 5.41) is 3.74. The Bertz CT molecular complexity index is 521. The van der Waals surface area contributed by atoms with Gasteiger partial charge >= 0.3 is 0 Å². The molecule has 0 unspecified atom stereocenters. The van der Waals surface area contributed by atoms with Gasteiger partial charge in [0, 0.05) is 11.1 Å². The maximum atomic E-state index is 11.7. The Morgan fingerprint density at radius 2 is 2.41 bits per heavy atom. The smallest absolute Gasteiger partial charge is 0.287 e. The first kappa shape index (κ1) is 12.1. The first-order valence-electron chi connectivity index (χ1n) is 5.03. The van der Waals surface area contributed by atoms with E-state index in [4.69, 9.17) is 16.0 Å². The number of hydrogen-bond acceptors (Lipinski definition) is 4. The number of aryl methyl sites for hydroxylation is 1. The lowest BCUT2D eigenvalue weighted by Gasteiger charge is -1.99. The molecule has 0 spiro atoms. The highest BCUT2D eigenvalue weighted by Crippen LogP contribution is 2.12. The molecule has 0 radical (unpaired) electrons. The van der Waals surface area contributed by atoms with Gasteiger partial charge in [0.1, 0.15) is 5.76 Å². The fourth-order valence-corrected chi connectivity index (χ4v) is 2.19. The van der Waals surface area contributed by atoms with Crippen molar-refractivity contribution >= 4 is 28.8 Å². The lowest BCUT2D eigenvalue weighted by atomic mass is 10.4. The first-order valence-corrected chi connectivity index (χ1v) is 6.38. The van der Waals surface area contributed by atoms with Gasteiger partial charge in [0.15, 0.2) is 5.76 Å². The van der Waals surface area contributed by atoms with Crippen LogP contribution >= 0.6 is 22.9 Å². The van der Waals surface area contributed by atoms with Crippen LogP contribution in [0.25, 0.3) is 0 Å². The third-order valence-electron chi connectivity index (χ3n) is 2.11. The minimum Gasteiger partial charge on any atom is -0.455 e. The summed E-state index contributed by atoms with van der Waals surface area (Å²) < 4.78 is 5.23. The van der Waals surface area contributed by atoms with Crippen molar-refractivity contribution in [1.29, 1.82) is 0 Å². The molecule has 2 heterocycles. The predicted molar refractivity (Wildman–Crippen MR) is 66.3 cm³/mol. The molecule has 1 amide bonds. The van der Waals surface area contributed by atoms with Gasteiger partial charge in [-0.1, -0.05) is 0 Å². The van der Waals surface area contributed by atoms with Gasteiger partial charge in [-0.3, -0.25) is 4.79 Å². The molecule has 0 bridgehead atoms. The van der Waals surface area contributed by atoms with E-state index in [2.05, 4.69) is 10.3 Å². The molecule has 0 aliphatic rings. The zero-order valence-corrected chi connectivity index (χ0v) is 10.8. The van der Waals surface area contributed by atoms with Gasteiger partial charge in [0.25, 0.3) is 5.91 Å². The molecule has 0 aliphatic heterocycles. The standard InChI is InChI=1S/C11H11ClN2O2S/c1-7-13-5-9(17-7)6-14-11(15)10-3-2-8(4-12)16-10/h2-3,5H,4,6H2,1H3,(H,14,15). The van der Waals surface area contributed by atoms with Gasteiger partial charge in [-0.05, 0) is 19.1 Å². The molecule has 2 rings (SSSR count). The van der Waals surface area contributed by atoms with Crippen molar-refractivity contribution in [3.05, 3.63) is 39.7 Å². The molecule has 2 aromatic rings. The van der Waals surface area contributed by atoms with Crippen molar-refractivity contribution in [1.82, 2.24) is 10.3 Å². The fraction of sp³-hybridized carbons (Fsp3) is 0.273. The molecule has 0 saturated carbocycles. The van der Waals surface area contributed by atoms with Gasteiger partial charge < -0.3 is 9.73 Å². The zero-order valence-electron chi connectivity index (χ0n) is 9.20. The van der Waals surface area contributed by atoms with Crippen molar-refractivity contribution in [2.45, 2.75) is 19.3 Å².